The Balaban J connectivity index is 1.83. The van der Waals surface area contributed by atoms with Gasteiger partial charge in [-0.05, 0) is 31.0 Å². The molecule has 2 aromatic heterocycles. The van der Waals surface area contributed by atoms with Gasteiger partial charge in [0.2, 0.25) is 0 Å². The highest BCUT2D eigenvalue weighted by Gasteiger charge is 2.24. The summed E-state index contributed by atoms with van der Waals surface area (Å²) in [7, 11) is 0. The van der Waals surface area contributed by atoms with Crippen LogP contribution in [0.5, 0.6) is 0 Å². The molecule has 1 aliphatic rings. The highest BCUT2D eigenvalue weighted by Crippen LogP contribution is 2.22. The standard InChI is InChI=1S/C15H18N4O/c16-19(12-6-2-1-3-7-12)15(20)14-9-13-11(10-18-14)5-4-8-17-13/h4-5,8-10,12H,1-3,6-7,16H2. The van der Waals surface area contributed by atoms with E-state index >= 15 is 0 Å². The van der Waals surface area contributed by atoms with Crippen LogP contribution in [0.15, 0.2) is 30.6 Å². The molecule has 1 saturated carbocycles. The number of pyridine rings is 2. The van der Waals surface area contributed by atoms with Gasteiger partial charge >= 0.3 is 0 Å². The largest absolute Gasteiger partial charge is 0.286 e. The van der Waals surface area contributed by atoms with Crippen molar-refractivity contribution >= 4 is 16.8 Å². The Morgan fingerprint density at radius 3 is 2.85 bits per heavy atom. The van der Waals surface area contributed by atoms with Gasteiger partial charge < -0.3 is 0 Å². The molecule has 0 aliphatic heterocycles. The third-order valence-electron chi connectivity index (χ3n) is 3.91. The Bertz CT molecular complexity index is 622. The molecule has 1 aliphatic carbocycles. The number of nitrogens with two attached hydrogens (primary N) is 1. The summed E-state index contributed by atoms with van der Waals surface area (Å²) < 4.78 is 0. The molecule has 2 heterocycles. The number of hydrogen-bond acceptors (Lipinski definition) is 4. The monoisotopic (exact) mass is 270 g/mol. The molecule has 20 heavy (non-hydrogen) atoms. The number of hydrogen-bond donors (Lipinski definition) is 1. The number of nitrogens with zero attached hydrogens (tertiary/aromatic N) is 3. The molecule has 0 spiro atoms. The van der Waals surface area contributed by atoms with Gasteiger partial charge in [0.1, 0.15) is 5.69 Å². The van der Waals surface area contributed by atoms with Crippen molar-refractivity contribution in [3.8, 4) is 0 Å². The molecule has 5 heteroatoms. The highest BCUT2D eigenvalue weighted by molar-refractivity contribution is 5.95. The van der Waals surface area contributed by atoms with Gasteiger partial charge in [0.05, 0.1) is 5.52 Å². The minimum Gasteiger partial charge on any atom is -0.272 e. The minimum atomic E-state index is -0.218. The van der Waals surface area contributed by atoms with Crippen molar-refractivity contribution in [1.29, 1.82) is 0 Å². The van der Waals surface area contributed by atoms with Crippen molar-refractivity contribution in [1.82, 2.24) is 15.0 Å². The van der Waals surface area contributed by atoms with Crippen LogP contribution in [0.4, 0.5) is 0 Å². The first-order chi connectivity index (χ1) is 9.75. The molecule has 104 valence electrons. The fourth-order valence-corrected chi connectivity index (χ4v) is 2.74. The second-order valence-corrected chi connectivity index (χ2v) is 5.27. The molecule has 0 saturated heterocycles. The van der Waals surface area contributed by atoms with Crippen LogP contribution in [-0.4, -0.2) is 26.9 Å². The summed E-state index contributed by atoms with van der Waals surface area (Å²) in [5.41, 5.74) is 1.13. The summed E-state index contributed by atoms with van der Waals surface area (Å²) in [6, 6.07) is 5.62. The number of fused-ring (bicyclic) bond motifs is 1. The predicted molar refractivity (Wildman–Crippen MR) is 76.8 cm³/mol. The molecule has 2 N–H and O–H groups in total. The predicted octanol–water partition coefficient (Wildman–Crippen LogP) is 2.28. The third kappa shape index (κ3) is 2.49. The van der Waals surface area contributed by atoms with Crippen molar-refractivity contribution in [2.24, 2.45) is 5.84 Å². The summed E-state index contributed by atoms with van der Waals surface area (Å²) in [6.45, 7) is 0. The Labute approximate surface area is 117 Å². The van der Waals surface area contributed by atoms with Crippen LogP contribution in [0.2, 0.25) is 0 Å². The van der Waals surface area contributed by atoms with Gasteiger partial charge in [-0.1, -0.05) is 19.3 Å². The highest BCUT2D eigenvalue weighted by atomic mass is 16.2. The minimum absolute atomic E-state index is 0.137. The average Bonchev–Trinajstić information content (AvgIpc) is 2.54. The second kappa shape index (κ2) is 5.54. The number of aromatic nitrogens is 2. The maximum Gasteiger partial charge on any atom is 0.286 e. The van der Waals surface area contributed by atoms with Crippen molar-refractivity contribution in [3.63, 3.8) is 0 Å². The van der Waals surface area contributed by atoms with E-state index in [1.54, 1.807) is 18.5 Å². The van der Waals surface area contributed by atoms with E-state index in [1.165, 1.54) is 11.4 Å². The van der Waals surface area contributed by atoms with Crippen molar-refractivity contribution in [2.45, 2.75) is 38.1 Å². The van der Waals surface area contributed by atoms with E-state index in [-0.39, 0.29) is 11.9 Å². The van der Waals surface area contributed by atoms with Crippen LogP contribution in [0.3, 0.4) is 0 Å². The van der Waals surface area contributed by atoms with Crippen molar-refractivity contribution < 1.29 is 4.79 Å². The molecule has 0 atom stereocenters. The lowest BCUT2D eigenvalue weighted by molar-refractivity contribution is 0.0628. The number of hydrazine groups is 1. The van der Waals surface area contributed by atoms with E-state index in [1.807, 2.05) is 12.1 Å². The smallest absolute Gasteiger partial charge is 0.272 e. The quantitative estimate of drug-likeness (QED) is 0.516. The van der Waals surface area contributed by atoms with Gasteiger partial charge in [-0.2, -0.15) is 0 Å². The third-order valence-corrected chi connectivity index (χ3v) is 3.91. The van der Waals surface area contributed by atoms with E-state index in [2.05, 4.69) is 9.97 Å². The molecule has 5 nitrogen and oxygen atoms in total. The van der Waals surface area contributed by atoms with Crippen LogP contribution in [0, 0.1) is 0 Å². The van der Waals surface area contributed by atoms with Crippen molar-refractivity contribution in [3.05, 3.63) is 36.3 Å². The van der Waals surface area contributed by atoms with Crippen LogP contribution in [0.25, 0.3) is 10.9 Å². The lowest BCUT2D eigenvalue weighted by atomic mass is 9.95. The first-order valence-corrected chi connectivity index (χ1v) is 7.05. The van der Waals surface area contributed by atoms with Crippen LogP contribution in [-0.2, 0) is 0 Å². The summed E-state index contributed by atoms with van der Waals surface area (Å²) >= 11 is 0. The molecular weight excluding hydrogens is 252 g/mol. The zero-order valence-electron chi connectivity index (χ0n) is 11.3. The summed E-state index contributed by atoms with van der Waals surface area (Å²) in [5, 5.41) is 2.28. The molecular formula is C15H18N4O. The zero-order valence-corrected chi connectivity index (χ0v) is 11.3. The lowest BCUT2D eigenvalue weighted by Crippen LogP contribution is -2.46. The molecule has 0 unspecified atom stereocenters. The number of carbonyl (C=O) groups is 1. The van der Waals surface area contributed by atoms with E-state index in [0.29, 0.717) is 5.69 Å². The Kier molecular flexibility index (Phi) is 3.60. The number of carbonyl (C=O) groups excluding carboxylic acids is 1. The molecule has 0 radical (unpaired) electrons. The Hall–Kier alpha value is -2.01. The maximum atomic E-state index is 12.4. The fourth-order valence-electron chi connectivity index (χ4n) is 2.74. The van der Waals surface area contributed by atoms with E-state index in [4.69, 9.17) is 5.84 Å². The van der Waals surface area contributed by atoms with E-state index < -0.39 is 0 Å². The molecule has 3 rings (SSSR count). The van der Waals surface area contributed by atoms with Crippen LogP contribution < -0.4 is 5.84 Å². The van der Waals surface area contributed by atoms with Gasteiger partial charge in [0, 0.05) is 23.8 Å². The lowest BCUT2D eigenvalue weighted by Gasteiger charge is -2.30. The van der Waals surface area contributed by atoms with Crippen molar-refractivity contribution in [2.75, 3.05) is 0 Å². The van der Waals surface area contributed by atoms with Gasteiger partial charge in [-0.25, -0.2) is 5.84 Å². The fraction of sp³-hybridized carbons (Fsp3) is 0.400. The summed E-state index contributed by atoms with van der Waals surface area (Å²) in [5.74, 6) is 5.77. The summed E-state index contributed by atoms with van der Waals surface area (Å²) in [6.07, 6.45) is 8.84. The second-order valence-electron chi connectivity index (χ2n) is 5.27. The van der Waals surface area contributed by atoms with E-state index in [0.717, 1.165) is 36.6 Å². The molecule has 1 fully saturated rings. The van der Waals surface area contributed by atoms with Gasteiger partial charge in [-0.15, -0.1) is 0 Å². The number of amides is 1. The molecule has 2 aromatic rings. The van der Waals surface area contributed by atoms with Crippen LogP contribution >= 0.6 is 0 Å². The first-order valence-electron chi connectivity index (χ1n) is 7.05. The topological polar surface area (TPSA) is 72.1 Å². The average molecular weight is 270 g/mol. The maximum absolute atomic E-state index is 12.4. The molecule has 1 amide bonds. The normalized spacial score (nSPS) is 16.2. The molecule has 0 bridgehead atoms. The van der Waals surface area contributed by atoms with Crippen LogP contribution in [0.1, 0.15) is 42.6 Å². The Morgan fingerprint density at radius 2 is 2.05 bits per heavy atom. The van der Waals surface area contributed by atoms with Gasteiger partial charge in [0.25, 0.3) is 5.91 Å². The Morgan fingerprint density at radius 1 is 1.25 bits per heavy atom. The number of rotatable bonds is 2. The van der Waals surface area contributed by atoms with Gasteiger partial charge in [0.15, 0.2) is 0 Å². The van der Waals surface area contributed by atoms with Gasteiger partial charge in [-0.3, -0.25) is 19.8 Å². The van der Waals surface area contributed by atoms with E-state index in [9.17, 15) is 4.79 Å². The summed E-state index contributed by atoms with van der Waals surface area (Å²) in [4.78, 5) is 20.9. The molecule has 0 aromatic carbocycles. The first kappa shape index (κ1) is 13.0. The zero-order chi connectivity index (χ0) is 13.9. The SMILES string of the molecule is NN(C(=O)c1cc2ncccc2cn1)C1CCCCC1.